The Morgan fingerprint density at radius 3 is 1.63 bits per heavy atom. The van der Waals surface area contributed by atoms with Gasteiger partial charge in [-0.15, -0.1) is 0 Å². The van der Waals surface area contributed by atoms with Gasteiger partial charge in [-0.05, 0) is 27.7 Å². The second kappa shape index (κ2) is 22.3. The monoisotopic (exact) mass is 310 g/mol. The fraction of sp³-hybridized carbons (Fsp3) is 0.462. The van der Waals surface area contributed by atoms with E-state index in [1.807, 2.05) is 19.9 Å². The van der Waals surface area contributed by atoms with Crippen molar-refractivity contribution >= 4 is 0 Å². The standard InChI is InChI=1S/C10H18O2.3CO.Fe/c1-5-8(2)6-7-9(11)10(3,4)12;3*1-2;/h5-7,9,11-12H,1-4H3;;;;/b7-6+,8-5+;;;;. The van der Waals surface area contributed by atoms with Crippen LogP contribution in [0, 0.1) is 20.0 Å². The molecule has 1 atom stereocenters. The summed E-state index contributed by atoms with van der Waals surface area (Å²) in [6, 6.07) is 0. The number of hydrogen-bond donors (Lipinski definition) is 2. The molecule has 0 radical (unpaired) electrons. The van der Waals surface area contributed by atoms with Gasteiger partial charge in [0, 0.05) is 17.1 Å². The van der Waals surface area contributed by atoms with Crippen molar-refractivity contribution in [3.8, 4) is 0 Å². The minimum absolute atomic E-state index is 0. The zero-order valence-electron chi connectivity index (χ0n) is 11.3. The van der Waals surface area contributed by atoms with Crippen LogP contribution in [-0.2, 0) is 31.0 Å². The number of rotatable bonds is 3. The van der Waals surface area contributed by atoms with E-state index in [9.17, 15) is 10.2 Å². The van der Waals surface area contributed by atoms with E-state index in [1.54, 1.807) is 26.0 Å². The molecule has 1 unspecified atom stereocenters. The summed E-state index contributed by atoms with van der Waals surface area (Å²) < 4.78 is 22.5. The van der Waals surface area contributed by atoms with Crippen LogP contribution in [0.25, 0.3) is 0 Å². The Hall–Kier alpha value is -0.861. The third kappa shape index (κ3) is 26.7. The fourth-order valence-corrected chi connectivity index (χ4v) is 0.575. The first-order chi connectivity index (χ1) is 8.38. The van der Waals surface area contributed by atoms with Gasteiger partial charge in [-0.2, -0.15) is 0 Å². The van der Waals surface area contributed by atoms with Crippen LogP contribution in [0.2, 0.25) is 0 Å². The van der Waals surface area contributed by atoms with Gasteiger partial charge in [0.2, 0.25) is 0 Å². The summed E-state index contributed by atoms with van der Waals surface area (Å²) in [4.78, 5) is 0. The maximum absolute atomic E-state index is 9.37. The molecule has 5 nitrogen and oxygen atoms in total. The fourth-order valence-electron chi connectivity index (χ4n) is 0.575. The van der Waals surface area contributed by atoms with Crippen molar-refractivity contribution in [3.63, 3.8) is 0 Å². The number of hydrogen-bond acceptors (Lipinski definition) is 2. The Morgan fingerprint density at radius 2 is 1.42 bits per heavy atom. The van der Waals surface area contributed by atoms with E-state index >= 15 is 0 Å². The largest absolute Gasteiger partial charge is 0 e. The van der Waals surface area contributed by atoms with Crippen molar-refractivity contribution in [3.05, 3.63) is 43.8 Å². The first-order valence-electron chi connectivity index (χ1n) is 4.70. The molecule has 108 valence electrons. The van der Waals surface area contributed by atoms with Gasteiger partial charge in [-0.1, -0.05) is 23.8 Å². The Kier molecular flexibility index (Phi) is 36.3. The maximum Gasteiger partial charge on any atom is 0 e. The molecule has 0 rings (SSSR count). The molecule has 0 heterocycles. The zero-order chi connectivity index (χ0) is 15.8. The number of aliphatic hydroxyl groups excluding tert-OH is 1. The molecule has 0 amide bonds. The van der Waals surface area contributed by atoms with Gasteiger partial charge in [0.05, 0.1) is 5.60 Å². The van der Waals surface area contributed by atoms with Gasteiger partial charge in [0.25, 0.3) is 0 Å². The molecule has 19 heavy (non-hydrogen) atoms. The molecule has 0 aliphatic heterocycles. The summed E-state index contributed by atoms with van der Waals surface area (Å²) in [6.07, 6.45) is 4.51. The van der Waals surface area contributed by atoms with Gasteiger partial charge in [0.15, 0.2) is 0 Å². The average Bonchev–Trinajstić information content (AvgIpc) is 2.41. The van der Waals surface area contributed by atoms with Gasteiger partial charge >= 0.3 is 33.9 Å². The maximum atomic E-state index is 9.37. The van der Waals surface area contributed by atoms with Crippen LogP contribution in [0.15, 0.2) is 23.8 Å². The summed E-state index contributed by atoms with van der Waals surface area (Å²) in [5.41, 5.74) is 0.00291. The quantitative estimate of drug-likeness (QED) is 0.357. The summed E-state index contributed by atoms with van der Waals surface area (Å²) in [5.74, 6) is 0. The third-order valence-corrected chi connectivity index (χ3v) is 1.72. The van der Waals surface area contributed by atoms with E-state index in [2.05, 4.69) is 20.0 Å². The first-order valence-corrected chi connectivity index (χ1v) is 4.70. The van der Waals surface area contributed by atoms with Crippen molar-refractivity contribution in [2.75, 3.05) is 0 Å². The van der Waals surface area contributed by atoms with Gasteiger partial charge in [-0.3, -0.25) is 0 Å². The number of allylic oxidation sites excluding steroid dienone is 3. The number of aliphatic hydroxyl groups is 2. The minimum atomic E-state index is -1.06. The summed E-state index contributed by atoms with van der Waals surface area (Å²) >= 11 is 0. The summed E-state index contributed by atoms with van der Waals surface area (Å²) in [7, 11) is 0. The molecule has 0 aromatic carbocycles. The molecule has 0 spiro atoms. The Bertz CT molecular complexity index is 280. The Morgan fingerprint density at radius 1 is 1.11 bits per heavy atom. The van der Waals surface area contributed by atoms with Crippen molar-refractivity contribution < 1.29 is 41.2 Å². The molecule has 0 saturated carbocycles. The summed E-state index contributed by atoms with van der Waals surface area (Å²) in [6.45, 7) is 20.5. The molecule has 0 saturated heterocycles. The molecular formula is C13H18FeO5. The van der Waals surface area contributed by atoms with Crippen molar-refractivity contribution in [1.29, 1.82) is 0 Å². The molecular weight excluding hydrogens is 292 g/mol. The van der Waals surface area contributed by atoms with Gasteiger partial charge in [0.1, 0.15) is 6.10 Å². The van der Waals surface area contributed by atoms with Crippen LogP contribution in [-0.4, -0.2) is 21.9 Å². The SMILES string of the molecule is C/C=C(C)/C=C/C(O)C(C)(C)O.[C-]#[O+].[C-]#[O+].[C-]#[O+].[Fe]. The molecule has 0 aromatic heterocycles. The predicted molar refractivity (Wildman–Crippen MR) is 62.7 cm³/mol. The van der Waals surface area contributed by atoms with Crippen LogP contribution >= 0.6 is 0 Å². The van der Waals surface area contributed by atoms with E-state index in [0.717, 1.165) is 5.57 Å². The molecule has 2 N–H and O–H groups in total. The van der Waals surface area contributed by atoms with E-state index in [4.69, 9.17) is 14.0 Å². The van der Waals surface area contributed by atoms with Crippen LogP contribution in [0.3, 0.4) is 0 Å². The average molecular weight is 310 g/mol. The van der Waals surface area contributed by atoms with Gasteiger partial charge in [-0.25, -0.2) is 0 Å². The second-order valence-corrected chi connectivity index (χ2v) is 3.49. The Balaban J connectivity index is -0.0000000816. The predicted octanol–water partition coefficient (Wildman–Crippen LogP) is 1.53. The molecule has 0 bridgehead atoms. The van der Waals surface area contributed by atoms with E-state index in [-0.39, 0.29) is 17.1 Å². The normalized spacial score (nSPS) is 11.1. The molecule has 6 heteroatoms. The van der Waals surface area contributed by atoms with Crippen molar-refractivity contribution in [1.82, 2.24) is 0 Å². The van der Waals surface area contributed by atoms with Crippen molar-refractivity contribution in [2.45, 2.75) is 39.4 Å². The molecule has 0 aliphatic carbocycles. The Labute approximate surface area is 125 Å². The van der Waals surface area contributed by atoms with E-state index in [0.29, 0.717) is 0 Å². The molecule has 0 fully saturated rings. The van der Waals surface area contributed by atoms with Crippen LogP contribution in [0.5, 0.6) is 0 Å². The second-order valence-electron chi connectivity index (χ2n) is 3.49. The smallest absolute Gasteiger partial charge is 0 e. The first kappa shape index (κ1) is 30.9. The topological polar surface area (TPSA) is 100 Å². The molecule has 0 aliphatic rings. The minimum Gasteiger partial charge on any atom is 0 e. The molecule has 0 aromatic rings. The van der Waals surface area contributed by atoms with Crippen LogP contribution in [0.4, 0.5) is 0 Å². The van der Waals surface area contributed by atoms with E-state index in [1.165, 1.54) is 0 Å². The van der Waals surface area contributed by atoms with Gasteiger partial charge < -0.3 is 10.2 Å². The van der Waals surface area contributed by atoms with E-state index < -0.39 is 11.7 Å². The van der Waals surface area contributed by atoms with Crippen LogP contribution in [0.1, 0.15) is 27.7 Å². The van der Waals surface area contributed by atoms with Crippen LogP contribution < -0.4 is 0 Å². The van der Waals surface area contributed by atoms with Crippen molar-refractivity contribution in [2.24, 2.45) is 0 Å². The zero-order valence-corrected chi connectivity index (χ0v) is 12.4. The summed E-state index contributed by atoms with van der Waals surface area (Å²) in [5, 5.41) is 18.7. The third-order valence-electron chi connectivity index (χ3n) is 1.72.